The summed E-state index contributed by atoms with van der Waals surface area (Å²) in [6, 6.07) is 8.27. The summed E-state index contributed by atoms with van der Waals surface area (Å²) in [5.41, 5.74) is 3.95. The summed E-state index contributed by atoms with van der Waals surface area (Å²) < 4.78 is 1.76. The first-order chi connectivity index (χ1) is 11.0. The first-order valence-corrected chi connectivity index (χ1v) is 8.13. The zero-order valence-corrected chi connectivity index (χ0v) is 14.5. The number of rotatable bonds is 6. The van der Waals surface area contributed by atoms with Crippen LogP contribution >= 0.6 is 11.6 Å². The highest BCUT2D eigenvalue weighted by atomic mass is 35.5. The molecule has 0 bridgehead atoms. The molecule has 0 unspecified atom stereocenters. The number of nitrogens with one attached hydrogen (secondary N) is 1. The van der Waals surface area contributed by atoms with Gasteiger partial charge in [0.1, 0.15) is 5.15 Å². The van der Waals surface area contributed by atoms with Crippen molar-refractivity contribution in [3.63, 3.8) is 0 Å². The second-order valence-electron chi connectivity index (χ2n) is 5.56. The van der Waals surface area contributed by atoms with Crippen LogP contribution in [-0.4, -0.2) is 22.2 Å². The molecule has 23 heavy (non-hydrogen) atoms. The van der Waals surface area contributed by atoms with E-state index < -0.39 is 0 Å². The minimum absolute atomic E-state index is 0.117. The molecule has 0 atom stereocenters. The molecule has 5 heteroatoms. The van der Waals surface area contributed by atoms with E-state index in [1.54, 1.807) is 10.8 Å². The van der Waals surface area contributed by atoms with Crippen LogP contribution in [0.5, 0.6) is 0 Å². The minimum Gasteiger partial charge on any atom is -0.353 e. The molecule has 0 aliphatic heterocycles. The molecule has 0 aliphatic carbocycles. The number of aryl methyl sites for hydroxylation is 2. The summed E-state index contributed by atoms with van der Waals surface area (Å²) >= 11 is 6.42. The zero-order chi connectivity index (χ0) is 16.8. The maximum atomic E-state index is 11.7. The highest BCUT2D eigenvalue weighted by Crippen LogP contribution is 2.22. The van der Waals surface area contributed by atoms with Crippen molar-refractivity contribution in [1.82, 2.24) is 15.1 Å². The van der Waals surface area contributed by atoms with E-state index >= 15 is 0 Å². The fraction of sp³-hybridized carbons (Fsp3) is 0.333. The van der Waals surface area contributed by atoms with Crippen molar-refractivity contribution < 1.29 is 4.79 Å². The number of benzene rings is 1. The Bertz CT molecular complexity index is 702. The van der Waals surface area contributed by atoms with E-state index in [1.165, 1.54) is 11.6 Å². The standard InChI is InChI=1S/C18H22ClN3O/c1-4-11-20-17(23)10-9-16-14(3)21-22(18(16)19)12-15-7-5-13(2)6-8-15/h5-10H,4,11-12H2,1-3H3,(H,20,23)/b10-9+. The maximum absolute atomic E-state index is 11.7. The summed E-state index contributed by atoms with van der Waals surface area (Å²) in [4.78, 5) is 11.7. The zero-order valence-electron chi connectivity index (χ0n) is 13.8. The van der Waals surface area contributed by atoms with Crippen molar-refractivity contribution >= 4 is 23.6 Å². The monoisotopic (exact) mass is 331 g/mol. The van der Waals surface area contributed by atoms with Gasteiger partial charge in [-0.15, -0.1) is 0 Å². The van der Waals surface area contributed by atoms with Gasteiger partial charge < -0.3 is 5.32 Å². The Morgan fingerprint density at radius 3 is 2.65 bits per heavy atom. The molecule has 0 spiro atoms. The number of nitrogens with zero attached hydrogens (tertiary/aromatic N) is 2. The third-order valence-corrected chi connectivity index (χ3v) is 3.91. The largest absolute Gasteiger partial charge is 0.353 e. The van der Waals surface area contributed by atoms with Gasteiger partial charge in [0.2, 0.25) is 5.91 Å². The summed E-state index contributed by atoms with van der Waals surface area (Å²) in [6.07, 6.45) is 4.14. The van der Waals surface area contributed by atoms with E-state index in [0.717, 1.165) is 23.2 Å². The highest BCUT2D eigenvalue weighted by molar-refractivity contribution is 6.31. The molecular formula is C18H22ClN3O. The lowest BCUT2D eigenvalue weighted by molar-refractivity contribution is -0.116. The minimum atomic E-state index is -0.117. The molecule has 1 heterocycles. The molecule has 2 aromatic rings. The molecule has 0 aliphatic rings. The molecule has 2 rings (SSSR count). The predicted molar refractivity (Wildman–Crippen MR) is 94.6 cm³/mol. The second kappa shape index (κ2) is 7.97. The van der Waals surface area contributed by atoms with Crippen LogP contribution in [0.4, 0.5) is 0 Å². The number of hydrogen-bond donors (Lipinski definition) is 1. The molecule has 4 nitrogen and oxygen atoms in total. The lowest BCUT2D eigenvalue weighted by atomic mass is 10.1. The molecule has 1 aromatic heterocycles. The number of carbonyl (C=O) groups excluding carboxylic acids is 1. The Morgan fingerprint density at radius 2 is 2.00 bits per heavy atom. The lowest BCUT2D eigenvalue weighted by Crippen LogP contribution is -2.21. The van der Waals surface area contributed by atoms with E-state index in [2.05, 4.69) is 41.6 Å². The van der Waals surface area contributed by atoms with Crippen molar-refractivity contribution in [3.05, 3.63) is 57.9 Å². The fourth-order valence-corrected chi connectivity index (χ4v) is 2.49. The van der Waals surface area contributed by atoms with Gasteiger partial charge in [-0.05, 0) is 31.9 Å². The molecule has 1 aromatic carbocycles. The molecule has 122 valence electrons. The van der Waals surface area contributed by atoms with Crippen molar-refractivity contribution in [2.45, 2.75) is 33.7 Å². The van der Waals surface area contributed by atoms with Crippen molar-refractivity contribution in [1.29, 1.82) is 0 Å². The SMILES string of the molecule is CCCNC(=O)/C=C/c1c(C)nn(Cc2ccc(C)cc2)c1Cl. The molecule has 0 saturated carbocycles. The smallest absolute Gasteiger partial charge is 0.244 e. The van der Waals surface area contributed by atoms with Crippen molar-refractivity contribution in [2.75, 3.05) is 6.54 Å². The van der Waals surface area contributed by atoms with Gasteiger partial charge in [-0.25, -0.2) is 4.68 Å². The Kier molecular flexibility index (Phi) is 5.99. The topological polar surface area (TPSA) is 46.9 Å². The van der Waals surface area contributed by atoms with Crippen LogP contribution in [0.25, 0.3) is 6.08 Å². The van der Waals surface area contributed by atoms with Crippen LogP contribution in [0.1, 0.15) is 35.7 Å². The van der Waals surface area contributed by atoms with Gasteiger partial charge in [0.25, 0.3) is 0 Å². The van der Waals surface area contributed by atoms with E-state index in [0.29, 0.717) is 18.2 Å². The third kappa shape index (κ3) is 4.70. The van der Waals surface area contributed by atoms with Crippen LogP contribution in [0.3, 0.4) is 0 Å². The Balaban J connectivity index is 2.14. The number of halogens is 1. The number of carbonyl (C=O) groups is 1. The molecule has 1 N–H and O–H groups in total. The maximum Gasteiger partial charge on any atom is 0.244 e. The van der Waals surface area contributed by atoms with Gasteiger partial charge in [-0.2, -0.15) is 5.10 Å². The Morgan fingerprint density at radius 1 is 1.30 bits per heavy atom. The van der Waals surface area contributed by atoms with Crippen LogP contribution < -0.4 is 5.32 Å². The normalized spacial score (nSPS) is 11.1. The summed E-state index contributed by atoms with van der Waals surface area (Å²) in [5, 5.41) is 7.81. The van der Waals surface area contributed by atoms with Gasteiger partial charge in [0.05, 0.1) is 12.2 Å². The Labute approximate surface area is 142 Å². The van der Waals surface area contributed by atoms with Crippen LogP contribution in [0, 0.1) is 13.8 Å². The number of aromatic nitrogens is 2. The number of hydrogen-bond acceptors (Lipinski definition) is 2. The van der Waals surface area contributed by atoms with Gasteiger partial charge in [-0.3, -0.25) is 4.79 Å². The quantitative estimate of drug-likeness (QED) is 0.820. The van der Waals surface area contributed by atoms with Crippen LogP contribution in [0.2, 0.25) is 5.15 Å². The Hall–Kier alpha value is -2.07. The molecule has 0 fully saturated rings. The summed E-state index contributed by atoms with van der Waals surface area (Å²) in [5.74, 6) is -0.117. The van der Waals surface area contributed by atoms with Crippen LogP contribution in [-0.2, 0) is 11.3 Å². The summed E-state index contributed by atoms with van der Waals surface area (Å²) in [7, 11) is 0. The van der Waals surface area contributed by atoms with Gasteiger partial charge in [-0.1, -0.05) is 48.4 Å². The average Bonchev–Trinajstić information content (AvgIpc) is 2.79. The summed E-state index contributed by atoms with van der Waals surface area (Å²) in [6.45, 7) is 7.24. The first kappa shape index (κ1) is 17.3. The third-order valence-electron chi connectivity index (χ3n) is 3.51. The van der Waals surface area contributed by atoms with Crippen LogP contribution in [0.15, 0.2) is 30.3 Å². The highest BCUT2D eigenvalue weighted by Gasteiger charge is 2.11. The van der Waals surface area contributed by atoms with Crippen molar-refractivity contribution in [3.8, 4) is 0 Å². The molecule has 1 amide bonds. The number of amides is 1. The van der Waals surface area contributed by atoms with Gasteiger partial charge >= 0.3 is 0 Å². The first-order valence-electron chi connectivity index (χ1n) is 7.75. The lowest BCUT2D eigenvalue weighted by Gasteiger charge is -2.04. The van der Waals surface area contributed by atoms with Crippen molar-refractivity contribution in [2.24, 2.45) is 0 Å². The van der Waals surface area contributed by atoms with E-state index in [-0.39, 0.29) is 5.91 Å². The van der Waals surface area contributed by atoms with E-state index in [1.807, 2.05) is 13.8 Å². The fourth-order valence-electron chi connectivity index (χ4n) is 2.19. The second-order valence-corrected chi connectivity index (χ2v) is 5.92. The van der Waals surface area contributed by atoms with Gasteiger partial charge in [0.15, 0.2) is 0 Å². The molecule has 0 radical (unpaired) electrons. The predicted octanol–water partition coefficient (Wildman–Crippen LogP) is 3.74. The molecule has 0 saturated heterocycles. The average molecular weight is 332 g/mol. The van der Waals surface area contributed by atoms with E-state index in [9.17, 15) is 4.79 Å². The van der Waals surface area contributed by atoms with E-state index in [4.69, 9.17) is 11.6 Å². The molecular weight excluding hydrogens is 310 g/mol. The van der Waals surface area contributed by atoms with Gasteiger partial charge in [0, 0.05) is 18.2 Å².